The Morgan fingerprint density at radius 1 is 1.09 bits per heavy atom. The van der Waals surface area contributed by atoms with E-state index < -0.39 is 6.10 Å². The number of carbonyl (C=O) groups is 2. The van der Waals surface area contributed by atoms with E-state index in [4.69, 9.17) is 11.6 Å². The van der Waals surface area contributed by atoms with Crippen LogP contribution in [0.2, 0.25) is 5.02 Å². The standard InChI is InChI=1S/C17H23ClN2O3/c1-2-16(22)19-8-3-9-20(11-10-19)17(23)12-15(21)13-4-6-14(18)7-5-13/h4-7,15,21H,2-3,8-12H2,1H3. The van der Waals surface area contributed by atoms with Crippen molar-refractivity contribution in [2.75, 3.05) is 26.2 Å². The number of halogens is 1. The lowest BCUT2D eigenvalue weighted by Gasteiger charge is -2.23. The van der Waals surface area contributed by atoms with Gasteiger partial charge in [0.1, 0.15) is 0 Å². The molecule has 1 heterocycles. The number of aliphatic hydroxyl groups excluding tert-OH is 1. The monoisotopic (exact) mass is 338 g/mol. The molecule has 2 rings (SSSR count). The summed E-state index contributed by atoms with van der Waals surface area (Å²) in [6.07, 6.45) is 0.470. The van der Waals surface area contributed by atoms with Gasteiger partial charge < -0.3 is 14.9 Å². The lowest BCUT2D eigenvalue weighted by atomic mass is 10.1. The Balaban J connectivity index is 1.90. The van der Waals surface area contributed by atoms with E-state index in [-0.39, 0.29) is 18.2 Å². The molecule has 0 saturated carbocycles. The summed E-state index contributed by atoms with van der Waals surface area (Å²) >= 11 is 5.82. The van der Waals surface area contributed by atoms with Crippen LogP contribution in [0.4, 0.5) is 0 Å². The zero-order chi connectivity index (χ0) is 16.8. The smallest absolute Gasteiger partial charge is 0.225 e. The fourth-order valence-electron chi connectivity index (χ4n) is 2.74. The molecule has 1 saturated heterocycles. The van der Waals surface area contributed by atoms with Crippen LogP contribution in [-0.4, -0.2) is 52.9 Å². The largest absolute Gasteiger partial charge is 0.388 e. The minimum Gasteiger partial charge on any atom is -0.388 e. The summed E-state index contributed by atoms with van der Waals surface area (Å²) < 4.78 is 0. The number of rotatable bonds is 4. The molecule has 1 aliphatic rings. The number of nitrogens with zero attached hydrogens (tertiary/aromatic N) is 2. The fraction of sp³-hybridized carbons (Fsp3) is 0.529. The van der Waals surface area contributed by atoms with Crippen molar-refractivity contribution < 1.29 is 14.7 Å². The summed E-state index contributed by atoms with van der Waals surface area (Å²) in [6, 6.07) is 6.85. The van der Waals surface area contributed by atoms with E-state index in [1.54, 1.807) is 29.2 Å². The molecule has 1 unspecified atom stereocenters. The second kappa shape index (κ2) is 8.31. The Morgan fingerprint density at radius 2 is 1.65 bits per heavy atom. The number of carbonyl (C=O) groups excluding carboxylic acids is 2. The molecule has 0 aromatic heterocycles. The number of aliphatic hydroxyl groups is 1. The quantitative estimate of drug-likeness (QED) is 0.915. The maximum atomic E-state index is 12.4. The van der Waals surface area contributed by atoms with Crippen molar-refractivity contribution in [2.45, 2.75) is 32.3 Å². The average Bonchev–Trinajstić information content (AvgIpc) is 2.80. The van der Waals surface area contributed by atoms with Crippen LogP contribution >= 0.6 is 11.6 Å². The summed E-state index contributed by atoms with van der Waals surface area (Å²) in [5.41, 5.74) is 0.681. The van der Waals surface area contributed by atoms with Gasteiger partial charge in [0.05, 0.1) is 12.5 Å². The van der Waals surface area contributed by atoms with Gasteiger partial charge in [-0.15, -0.1) is 0 Å². The van der Waals surface area contributed by atoms with Crippen molar-refractivity contribution in [2.24, 2.45) is 0 Å². The van der Waals surface area contributed by atoms with Gasteiger partial charge in [-0.25, -0.2) is 0 Å². The first kappa shape index (κ1) is 17.8. The summed E-state index contributed by atoms with van der Waals surface area (Å²) in [5, 5.41) is 10.8. The molecule has 0 radical (unpaired) electrons. The van der Waals surface area contributed by atoms with Gasteiger partial charge in [-0.2, -0.15) is 0 Å². The second-order valence-corrected chi connectivity index (χ2v) is 6.18. The highest BCUT2D eigenvalue weighted by molar-refractivity contribution is 6.30. The van der Waals surface area contributed by atoms with Crippen LogP contribution in [-0.2, 0) is 9.59 Å². The third-order valence-electron chi connectivity index (χ3n) is 4.13. The zero-order valence-corrected chi connectivity index (χ0v) is 14.1. The van der Waals surface area contributed by atoms with Gasteiger partial charge in [0, 0.05) is 37.6 Å². The van der Waals surface area contributed by atoms with Crippen LogP contribution in [0.1, 0.15) is 37.9 Å². The van der Waals surface area contributed by atoms with E-state index in [1.165, 1.54) is 0 Å². The Bertz CT molecular complexity index is 547. The minimum atomic E-state index is -0.837. The van der Waals surface area contributed by atoms with Gasteiger partial charge in [0.2, 0.25) is 11.8 Å². The molecule has 1 N–H and O–H groups in total. The SMILES string of the molecule is CCC(=O)N1CCCN(C(=O)CC(O)c2ccc(Cl)cc2)CC1. The summed E-state index contributed by atoms with van der Waals surface area (Å²) in [6.45, 7) is 4.25. The van der Waals surface area contributed by atoms with Crippen molar-refractivity contribution in [3.63, 3.8) is 0 Å². The lowest BCUT2D eigenvalue weighted by Crippen LogP contribution is -2.37. The van der Waals surface area contributed by atoms with Gasteiger partial charge >= 0.3 is 0 Å². The normalized spacial score (nSPS) is 16.8. The maximum absolute atomic E-state index is 12.4. The summed E-state index contributed by atoms with van der Waals surface area (Å²) in [4.78, 5) is 27.7. The highest BCUT2D eigenvalue weighted by Crippen LogP contribution is 2.20. The first-order valence-electron chi connectivity index (χ1n) is 8.00. The van der Waals surface area contributed by atoms with Crippen LogP contribution in [0, 0.1) is 0 Å². The molecule has 23 heavy (non-hydrogen) atoms. The third-order valence-corrected chi connectivity index (χ3v) is 4.38. The minimum absolute atomic E-state index is 0.0450. The first-order valence-corrected chi connectivity index (χ1v) is 8.38. The van der Waals surface area contributed by atoms with Gasteiger partial charge in [0.15, 0.2) is 0 Å². The van der Waals surface area contributed by atoms with Crippen molar-refractivity contribution in [1.29, 1.82) is 0 Å². The van der Waals surface area contributed by atoms with Crippen LogP contribution in [0.5, 0.6) is 0 Å². The molecule has 0 aliphatic carbocycles. The molecular formula is C17H23ClN2O3. The average molecular weight is 339 g/mol. The predicted molar refractivity (Wildman–Crippen MR) is 89.1 cm³/mol. The van der Waals surface area contributed by atoms with Crippen LogP contribution < -0.4 is 0 Å². The van der Waals surface area contributed by atoms with Gasteiger partial charge in [-0.05, 0) is 24.1 Å². The molecule has 0 bridgehead atoms. The van der Waals surface area contributed by atoms with Gasteiger partial charge in [-0.1, -0.05) is 30.7 Å². The first-order chi connectivity index (χ1) is 11.0. The Morgan fingerprint density at radius 3 is 2.22 bits per heavy atom. The van der Waals surface area contributed by atoms with Crippen molar-refractivity contribution >= 4 is 23.4 Å². The number of hydrogen-bond donors (Lipinski definition) is 1. The Hall–Kier alpha value is -1.59. The Kier molecular flexibility index (Phi) is 6.42. The number of amides is 2. The van der Waals surface area contributed by atoms with Crippen molar-refractivity contribution in [3.8, 4) is 0 Å². The molecule has 126 valence electrons. The Labute approximate surface area is 141 Å². The van der Waals surface area contributed by atoms with E-state index in [1.807, 2.05) is 11.8 Å². The van der Waals surface area contributed by atoms with E-state index in [9.17, 15) is 14.7 Å². The zero-order valence-electron chi connectivity index (χ0n) is 13.4. The van der Waals surface area contributed by atoms with E-state index in [0.29, 0.717) is 43.2 Å². The number of hydrogen-bond acceptors (Lipinski definition) is 3. The van der Waals surface area contributed by atoms with Gasteiger partial charge in [-0.3, -0.25) is 9.59 Å². The van der Waals surface area contributed by atoms with Crippen molar-refractivity contribution in [3.05, 3.63) is 34.9 Å². The summed E-state index contributed by atoms with van der Waals surface area (Å²) in [7, 11) is 0. The molecule has 1 fully saturated rings. The third kappa shape index (κ3) is 4.94. The molecule has 1 aromatic carbocycles. The topological polar surface area (TPSA) is 60.9 Å². The number of benzene rings is 1. The molecule has 0 spiro atoms. The maximum Gasteiger partial charge on any atom is 0.225 e. The predicted octanol–water partition coefficient (Wildman–Crippen LogP) is 2.23. The molecule has 5 nitrogen and oxygen atoms in total. The molecule has 2 amide bonds. The van der Waals surface area contributed by atoms with Crippen LogP contribution in [0.25, 0.3) is 0 Å². The highest BCUT2D eigenvalue weighted by Gasteiger charge is 2.23. The van der Waals surface area contributed by atoms with E-state index in [2.05, 4.69) is 0 Å². The second-order valence-electron chi connectivity index (χ2n) is 5.74. The molecule has 1 atom stereocenters. The lowest BCUT2D eigenvalue weighted by molar-refractivity contribution is -0.134. The van der Waals surface area contributed by atoms with Crippen LogP contribution in [0.15, 0.2) is 24.3 Å². The highest BCUT2D eigenvalue weighted by atomic mass is 35.5. The summed E-state index contributed by atoms with van der Waals surface area (Å²) in [5.74, 6) is 0.0405. The fourth-order valence-corrected chi connectivity index (χ4v) is 2.86. The molecule has 1 aliphatic heterocycles. The van der Waals surface area contributed by atoms with Crippen LogP contribution in [0.3, 0.4) is 0 Å². The van der Waals surface area contributed by atoms with E-state index >= 15 is 0 Å². The molecule has 6 heteroatoms. The van der Waals surface area contributed by atoms with Crippen molar-refractivity contribution in [1.82, 2.24) is 9.80 Å². The molecule has 1 aromatic rings. The van der Waals surface area contributed by atoms with Gasteiger partial charge in [0.25, 0.3) is 0 Å². The van der Waals surface area contributed by atoms with E-state index in [0.717, 1.165) is 6.42 Å². The molecular weight excluding hydrogens is 316 g/mol.